The Morgan fingerprint density at radius 3 is 3.12 bits per heavy atom. The molecular formula is C16H20ClN5O2. The molecule has 0 radical (unpaired) electrons. The van der Waals surface area contributed by atoms with Crippen molar-refractivity contribution in [1.29, 1.82) is 0 Å². The van der Waals surface area contributed by atoms with Crippen molar-refractivity contribution in [2.75, 3.05) is 13.2 Å². The largest absolute Gasteiger partial charge is 0.475 e. The zero-order valence-corrected chi connectivity index (χ0v) is 13.9. The van der Waals surface area contributed by atoms with Crippen molar-refractivity contribution < 1.29 is 9.53 Å². The third-order valence-corrected chi connectivity index (χ3v) is 4.34. The van der Waals surface area contributed by atoms with Crippen LogP contribution in [0.4, 0.5) is 4.79 Å². The Kier molecular flexibility index (Phi) is 5.53. The quantitative estimate of drug-likeness (QED) is 0.785. The maximum absolute atomic E-state index is 12.0. The van der Waals surface area contributed by atoms with Gasteiger partial charge in [-0.1, -0.05) is 11.6 Å². The van der Waals surface area contributed by atoms with Gasteiger partial charge in [-0.15, -0.1) is 0 Å². The minimum absolute atomic E-state index is 0.116. The Morgan fingerprint density at radius 1 is 1.42 bits per heavy atom. The molecule has 0 spiro atoms. The van der Waals surface area contributed by atoms with Gasteiger partial charge in [-0.3, -0.25) is 0 Å². The summed E-state index contributed by atoms with van der Waals surface area (Å²) in [7, 11) is 0. The number of carbonyl (C=O) groups is 1. The van der Waals surface area contributed by atoms with E-state index in [0.29, 0.717) is 24.1 Å². The first-order valence-corrected chi connectivity index (χ1v) is 8.37. The minimum atomic E-state index is -0.192. The van der Waals surface area contributed by atoms with Crippen LogP contribution in [-0.4, -0.2) is 39.8 Å². The molecule has 2 amide bonds. The van der Waals surface area contributed by atoms with E-state index in [1.165, 1.54) is 0 Å². The number of carbonyl (C=O) groups excluding carboxylic acids is 1. The molecule has 24 heavy (non-hydrogen) atoms. The summed E-state index contributed by atoms with van der Waals surface area (Å²) in [5, 5.41) is 6.28. The summed E-state index contributed by atoms with van der Waals surface area (Å²) in [6.45, 7) is 0.682. The number of aromatic nitrogens is 3. The van der Waals surface area contributed by atoms with Gasteiger partial charge in [0.1, 0.15) is 11.6 Å². The highest BCUT2D eigenvalue weighted by Crippen LogP contribution is 2.29. The van der Waals surface area contributed by atoms with Gasteiger partial charge in [0.2, 0.25) is 5.88 Å². The van der Waals surface area contributed by atoms with E-state index in [0.717, 1.165) is 19.3 Å². The van der Waals surface area contributed by atoms with Gasteiger partial charge in [0, 0.05) is 18.6 Å². The zero-order valence-electron chi connectivity index (χ0n) is 13.2. The number of hydrogen-bond donors (Lipinski definition) is 2. The van der Waals surface area contributed by atoms with Crippen molar-refractivity contribution in [3.63, 3.8) is 0 Å². The van der Waals surface area contributed by atoms with Gasteiger partial charge in [0.15, 0.2) is 0 Å². The lowest BCUT2D eigenvalue weighted by Gasteiger charge is -2.22. The monoisotopic (exact) mass is 349 g/mol. The van der Waals surface area contributed by atoms with Crippen LogP contribution in [-0.2, 0) is 0 Å². The van der Waals surface area contributed by atoms with Gasteiger partial charge in [-0.2, -0.15) is 0 Å². The molecule has 1 saturated carbocycles. The van der Waals surface area contributed by atoms with Gasteiger partial charge in [-0.05, 0) is 31.4 Å². The fraction of sp³-hybridized carbons (Fsp3) is 0.438. The standard InChI is InChI=1S/C16H20ClN5O2/c17-12-3-2-6-19-15(12)24-10-8-20-16(23)21-13-4-1-5-14(13)22-9-7-18-11-22/h2-3,6-7,9,11,13-14H,1,4-5,8,10H2,(H2,20,21,23)/t13-,14+/m0/s1. The van der Waals surface area contributed by atoms with Gasteiger partial charge >= 0.3 is 6.03 Å². The van der Waals surface area contributed by atoms with E-state index in [-0.39, 0.29) is 18.1 Å². The van der Waals surface area contributed by atoms with Crippen molar-refractivity contribution in [2.45, 2.75) is 31.3 Å². The molecule has 1 aliphatic carbocycles. The number of halogens is 1. The van der Waals surface area contributed by atoms with Gasteiger partial charge in [0.05, 0.1) is 25.0 Å². The number of amides is 2. The van der Waals surface area contributed by atoms with Gasteiger partial charge in [-0.25, -0.2) is 14.8 Å². The van der Waals surface area contributed by atoms with Crippen molar-refractivity contribution in [3.05, 3.63) is 42.1 Å². The second kappa shape index (κ2) is 8.01. The predicted molar refractivity (Wildman–Crippen MR) is 90.2 cm³/mol. The number of pyridine rings is 1. The molecular weight excluding hydrogens is 330 g/mol. The predicted octanol–water partition coefficient (Wildman–Crippen LogP) is 2.40. The lowest BCUT2D eigenvalue weighted by Crippen LogP contribution is -2.45. The van der Waals surface area contributed by atoms with Gasteiger partial charge < -0.3 is 19.9 Å². The second-order valence-electron chi connectivity index (χ2n) is 5.65. The van der Waals surface area contributed by atoms with Crippen LogP contribution in [0.5, 0.6) is 5.88 Å². The van der Waals surface area contributed by atoms with E-state index in [1.54, 1.807) is 30.9 Å². The molecule has 2 N–H and O–H groups in total. The summed E-state index contributed by atoms with van der Waals surface area (Å²) in [5.74, 6) is 0.373. The maximum atomic E-state index is 12.0. The van der Waals surface area contributed by atoms with Crippen LogP contribution < -0.4 is 15.4 Å². The Bertz CT molecular complexity index is 664. The summed E-state index contributed by atoms with van der Waals surface area (Å²) in [5.41, 5.74) is 0. The summed E-state index contributed by atoms with van der Waals surface area (Å²) < 4.78 is 7.50. The average molecular weight is 350 g/mol. The molecule has 0 unspecified atom stereocenters. The van der Waals surface area contributed by atoms with Crippen molar-refractivity contribution in [2.24, 2.45) is 0 Å². The van der Waals surface area contributed by atoms with Gasteiger partial charge in [0.25, 0.3) is 0 Å². The molecule has 2 atom stereocenters. The van der Waals surface area contributed by atoms with E-state index in [9.17, 15) is 4.79 Å². The van der Waals surface area contributed by atoms with Crippen LogP contribution in [0.15, 0.2) is 37.1 Å². The number of hydrogen-bond acceptors (Lipinski definition) is 4. The Labute approximate surface area is 145 Å². The number of nitrogens with one attached hydrogen (secondary N) is 2. The third kappa shape index (κ3) is 4.17. The van der Waals surface area contributed by atoms with Crippen LogP contribution in [0, 0.1) is 0 Å². The first-order valence-electron chi connectivity index (χ1n) is 7.99. The molecule has 128 valence electrons. The molecule has 0 saturated heterocycles. The zero-order chi connectivity index (χ0) is 16.8. The van der Waals surface area contributed by atoms with E-state index in [2.05, 4.69) is 25.2 Å². The van der Waals surface area contributed by atoms with Crippen molar-refractivity contribution in [3.8, 4) is 5.88 Å². The molecule has 8 heteroatoms. The Hall–Kier alpha value is -2.28. The van der Waals surface area contributed by atoms with Crippen molar-refractivity contribution >= 4 is 17.6 Å². The Morgan fingerprint density at radius 2 is 2.33 bits per heavy atom. The maximum Gasteiger partial charge on any atom is 0.315 e. The first kappa shape index (κ1) is 16.6. The summed E-state index contributed by atoms with van der Waals surface area (Å²) in [6, 6.07) is 3.63. The lowest BCUT2D eigenvalue weighted by molar-refractivity contribution is 0.229. The molecule has 3 rings (SSSR count). The van der Waals surface area contributed by atoms with Crippen LogP contribution >= 0.6 is 11.6 Å². The first-order chi connectivity index (χ1) is 11.7. The number of ether oxygens (including phenoxy) is 1. The van der Waals surface area contributed by atoms with Crippen LogP contribution in [0.2, 0.25) is 5.02 Å². The molecule has 1 aliphatic rings. The lowest BCUT2D eigenvalue weighted by atomic mass is 10.2. The highest BCUT2D eigenvalue weighted by atomic mass is 35.5. The minimum Gasteiger partial charge on any atom is -0.475 e. The highest BCUT2D eigenvalue weighted by molar-refractivity contribution is 6.31. The van der Waals surface area contributed by atoms with Crippen LogP contribution in [0.3, 0.4) is 0 Å². The molecule has 2 heterocycles. The second-order valence-corrected chi connectivity index (χ2v) is 6.06. The topological polar surface area (TPSA) is 81.1 Å². The van der Waals surface area contributed by atoms with Crippen LogP contribution in [0.25, 0.3) is 0 Å². The Balaban J connectivity index is 1.40. The number of imidazole rings is 1. The molecule has 0 aliphatic heterocycles. The molecule has 0 bridgehead atoms. The third-order valence-electron chi connectivity index (χ3n) is 4.05. The van der Waals surface area contributed by atoms with E-state index >= 15 is 0 Å². The van der Waals surface area contributed by atoms with Crippen molar-refractivity contribution in [1.82, 2.24) is 25.2 Å². The summed E-state index contributed by atoms with van der Waals surface area (Å²) in [4.78, 5) is 20.2. The van der Waals surface area contributed by atoms with Crippen LogP contribution in [0.1, 0.15) is 25.3 Å². The fourth-order valence-corrected chi connectivity index (χ4v) is 3.12. The highest BCUT2D eigenvalue weighted by Gasteiger charge is 2.29. The normalized spacial score (nSPS) is 19.9. The fourth-order valence-electron chi connectivity index (χ4n) is 2.94. The number of nitrogens with zero attached hydrogens (tertiary/aromatic N) is 3. The van der Waals surface area contributed by atoms with E-state index in [4.69, 9.17) is 16.3 Å². The number of urea groups is 1. The smallest absolute Gasteiger partial charge is 0.315 e. The molecule has 1 fully saturated rings. The summed E-state index contributed by atoms with van der Waals surface area (Å²) >= 11 is 5.95. The SMILES string of the molecule is O=C(NCCOc1ncccc1Cl)N[C@H]1CCC[C@H]1n1ccnc1. The number of rotatable bonds is 6. The molecule has 7 nitrogen and oxygen atoms in total. The summed E-state index contributed by atoms with van der Waals surface area (Å²) in [6.07, 6.45) is 10.2. The molecule has 2 aromatic heterocycles. The van der Waals surface area contributed by atoms with E-state index in [1.807, 2.05) is 6.20 Å². The van der Waals surface area contributed by atoms with E-state index < -0.39 is 0 Å². The molecule has 2 aromatic rings. The average Bonchev–Trinajstić information content (AvgIpc) is 3.24. The molecule has 0 aromatic carbocycles.